The molecule has 0 radical (unpaired) electrons. The van der Waals surface area contributed by atoms with Crippen molar-refractivity contribution in [2.75, 3.05) is 18.2 Å². The summed E-state index contributed by atoms with van der Waals surface area (Å²) in [4.78, 5) is 17.3. The Bertz CT molecular complexity index is 940. The van der Waals surface area contributed by atoms with Gasteiger partial charge in [0.25, 0.3) is 0 Å². The second kappa shape index (κ2) is 7.13. The van der Waals surface area contributed by atoms with Crippen molar-refractivity contribution >= 4 is 45.4 Å². The number of benzene rings is 2. The molecular weight excluding hydrogens is 358 g/mol. The molecule has 1 aromatic heterocycles. The maximum atomic E-state index is 12.6. The molecule has 0 saturated heterocycles. The highest BCUT2D eigenvalue weighted by molar-refractivity contribution is 7.18. The minimum atomic E-state index is -0.207. The standard InChI is InChI=1S/C18H16ClN3O2S/c1-10-6-7-14(24-2)13(8-10)21-18-22-17(20)16(25-18)15(23)11-4-3-5-12(19)9-11/h3-9H,20H2,1-2H3,(H,21,22). The zero-order valence-electron chi connectivity index (χ0n) is 13.7. The van der Waals surface area contributed by atoms with E-state index in [1.54, 1.807) is 31.4 Å². The predicted molar refractivity (Wildman–Crippen MR) is 102 cm³/mol. The predicted octanol–water partition coefficient (Wildman–Crippen LogP) is 4.67. The smallest absolute Gasteiger partial charge is 0.206 e. The van der Waals surface area contributed by atoms with Crippen LogP contribution in [0.4, 0.5) is 16.6 Å². The quantitative estimate of drug-likeness (QED) is 0.635. The topological polar surface area (TPSA) is 77.2 Å². The number of nitrogens with two attached hydrogens (primary N) is 1. The molecule has 5 nitrogen and oxygen atoms in total. The number of ketones is 1. The number of aryl methyl sites for hydroxylation is 1. The lowest BCUT2D eigenvalue weighted by molar-refractivity contribution is 0.104. The Labute approximate surface area is 154 Å². The number of carbonyl (C=O) groups excluding carboxylic acids is 1. The number of nitrogens with one attached hydrogen (secondary N) is 1. The molecule has 0 aliphatic rings. The van der Waals surface area contributed by atoms with Crippen molar-refractivity contribution in [1.82, 2.24) is 4.98 Å². The summed E-state index contributed by atoms with van der Waals surface area (Å²) in [5, 5.41) is 4.18. The van der Waals surface area contributed by atoms with E-state index in [1.807, 2.05) is 25.1 Å². The minimum Gasteiger partial charge on any atom is -0.495 e. The molecule has 0 unspecified atom stereocenters. The Morgan fingerprint density at radius 1 is 1.28 bits per heavy atom. The van der Waals surface area contributed by atoms with Gasteiger partial charge in [0.2, 0.25) is 5.78 Å². The number of rotatable bonds is 5. The molecule has 25 heavy (non-hydrogen) atoms. The van der Waals surface area contributed by atoms with Crippen molar-refractivity contribution in [2.24, 2.45) is 0 Å². The van der Waals surface area contributed by atoms with Gasteiger partial charge in [-0.05, 0) is 36.8 Å². The van der Waals surface area contributed by atoms with E-state index in [0.717, 1.165) is 11.3 Å². The van der Waals surface area contributed by atoms with Crippen LogP contribution in [-0.2, 0) is 0 Å². The summed E-state index contributed by atoms with van der Waals surface area (Å²) in [6.07, 6.45) is 0. The molecule has 3 N–H and O–H groups in total. The van der Waals surface area contributed by atoms with E-state index in [2.05, 4.69) is 10.3 Å². The van der Waals surface area contributed by atoms with Crippen LogP contribution in [-0.4, -0.2) is 17.9 Å². The molecule has 0 aliphatic carbocycles. The first-order valence-corrected chi connectivity index (χ1v) is 8.65. The Kier molecular flexibility index (Phi) is 4.92. The molecular formula is C18H16ClN3O2S. The van der Waals surface area contributed by atoms with Crippen molar-refractivity contribution < 1.29 is 9.53 Å². The number of carbonyl (C=O) groups is 1. The third kappa shape index (κ3) is 3.75. The van der Waals surface area contributed by atoms with Crippen LogP contribution in [0.3, 0.4) is 0 Å². The number of hydrogen-bond acceptors (Lipinski definition) is 6. The lowest BCUT2D eigenvalue weighted by Gasteiger charge is -2.09. The number of nitrogen functional groups attached to an aromatic ring is 1. The number of halogens is 1. The minimum absolute atomic E-state index is 0.184. The largest absolute Gasteiger partial charge is 0.495 e. The van der Waals surface area contributed by atoms with Crippen molar-refractivity contribution in [3.8, 4) is 5.75 Å². The van der Waals surface area contributed by atoms with Crippen LogP contribution in [0.2, 0.25) is 5.02 Å². The molecule has 0 fully saturated rings. The Morgan fingerprint density at radius 2 is 2.08 bits per heavy atom. The highest BCUT2D eigenvalue weighted by Gasteiger charge is 2.19. The van der Waals surface area contributed by atoms with Crippen LogP contribution in [0, 0.1) is 6.92 Å². The van der Waals surface area contributed by atoms with Crippen LogP contribution < -0.4 is 15.8 Å². The first kappa shape index (κ1) is 17.3. The molecule has 2 aromatic carbocycles. The normalized spacial score (nSPS) is 10.5. The molecule has 0 saturated carbocycles. The Balaban J connectivity index is 1.91. The molecule has 128 valence electrons. The molecule has 7 heteroatoms. The summed E-state index contributed by atoms with van der Waals surface area (Å²) in [6.45, 7) is 1.98. The number of anilines is 3. The van der Waals surface area contributed by atoms with Gasteiger partial charge in [0.05, 0.1) is 12.8 Å². The highest BCUT2D eigenvalue weighted by atomic mass is 35.5. The number of methoxy groups -OCH3 is 1. The number of nitrogens with zero attached hydrogens (tertiary/aromatic N) is 1. The third-order valence-electron chi connectivity index (χ3n) is 3.54. The van der Waals surface area contributed by atoms with Crippen LogP contribution in [0.15, 0.2) is 42.5 Å². The van der Waals surface area contributed by atoms with E-state index in [0.29, 0.717) is 26.3 Å². The Hall–Kier alpha value is -2.57. The highest BCUT2D eigenvalue weighted by Crippen LogP contribution is 2.33. The van der Waals surface area contributed by atoms with Gasteiger partial charge < -0.3 is 15.8 Å². The van der Waals surface area contributed by atoms with E-state index < -0.39 is 0 Å². The number of aromatic nitrogens is 1. The number of thiazole rings is 1. The van der Waals surface area contributed by atoms with E-state index in [9.17, 15) is 4.79 Å². The van der Waals surface area contributed by atoms with Crippen molar-refractivity contribution in [2.45, 2.75) is 6.92 Å². The van der Waals surface area contributed by atoms with E-state index in [1.165, 1.54) is 11.3 Å². The zero-order chi connectivity index (χ0) is 18.0. The summed E-state index contributed by atoms with van der Waals surface area (Å²) >= 11 is 7.15. The summed E-state index contributed by atoms with van der Waals surface area (Å²) in [7, 11) is 1.60. The van der Waals surface area contributed by atoms with Gasteiger partial charge in [-0.2, -0.15) is 0 Å². The van der Waals surface area contributed by atoms with Crippen LogP contribution >= 0.6 is 22.9 Å². The molecule has 0 aliphatic heterocycles. The molecule has 0 bridgehead atoms. The van der Waals surface area contributed by atoms with E-state index >= 15 is 0 Å². The van der Waals surface area contributed by atoms with Crippen molar-refractivity contribution in [3.05, 3.63) is 63.5 Å². The SMILES string of the molecule is COc1ccc(C)cc1Nc1nc(N)c(C(=O)c2cccc(Cl)c2)s1. The first-order valence-electron chi connectivity index (χ1n) is 7.46. The first-order chi connectivity index (χ1) is 12.0. The van der Waals surface area contributed by atoms with Crippen LogP contribution in [0.5, 0.6) is 5.75 Å². The maximum Gasteiger partial charge on any atom is 0.206 e. The summed E-state index contributed by atoms with van der Waals surface area (Å²) in [5.41, 5.74) is 8.25. The third-order valence-corrected chi connectivity index (χ3v) is 4.76. The fraction of sp³-hybridized carbons (Fsp3) is 0.111. The lowest BCUT2D eigenvalue weighted by atomic mass is 10.1. The average molecular weight is 374 g/mol. The van der Waals surface area contributed by atoms with E-state index in [-0.39, 0.29) is 11.6 Å². The summed E-state index contributed by atoms with van der Waals surface area (Å²) in [6, 6.07) is 12.5. The van der Waals surface area contributed by atoms with Gasteiger partial charge in [-0.1, -0.05) is 41.1 Å². The van der Waals surface area contributed by atoms with Gasteiger partial charge in [-0.15, -0.1) is 0 Å². The molecule has 0 atom stereocenters. The van der Waals surface area contributed by atoms with Crippen LogP contribution in [0.1, 0.15) is 20.8 Å². The second-order valence-corrected chi connectivity index (χ2v) is 6.84. The fourth-order valence-corrected chi connectivity index (χ4v) is 3.39. The second-order valence-electron chi connectivity index (χ2n) is 5.40. The maximum absolute atomic E-state index is 12.6. The molecule has 0 spiro atoms. The molecule has 1 heterocycles. The van der Waals surface area contributed by atoms with Gasteiger partial charge in [-0.3, -0.25) is 4.79 Å². The van der Waals surface area contributed by atoms with Gasteiger partial charge in [0.1, 0.15) is 16.4 Å². The fourth-order valence-electron chi connectivity index (χ4n) is 2.34. The van der Waals surface area contributed by atoms with Gasteiger partial charge in [0.15, 0.2) is 5.13 Å². The molecule has 3 rings (SSSR count). The van der Waals surface area contributed by atoms with E-state index in [4.69, 9.17) is 22.1 Å². The average Bonchev–Trinajstić information content (AvgIpc) is 2.94. The summed E-state index contributed by atoms with van der Waals surface area (Å²) < 4.78 is 5.34. The molecule has 3 aromatic rings. The van der Waals surface area contributed by atoms with Crippen molar-refractivity contribution in [3.63, 3.8) is 0 Å². The van der Waals surface area contributed by atoms with Crippen LogP contribution in [0.25, 0.3) is 0 Å². The molecule has 0 amide bonds. The van der Waals surface area contributed by atoms with Gasteiger partial charge >= 0.3 is 0 Å². The number of hydrogen-bond donors (Lipinski definition) is 2. The summed E-state index contributed by atoms with van der Waals surface area (Å²) in [5.74, 6) is 0.660. The lowest BCUT2D eigenvalue weighted by Crippen LogP contribution is -2.02. The zero-order valence-corrected chi connectivity index (χ0v) is 15.2. The Morgan fingerprint density at radius 3 is 2.80 bits per heavy atom. The monoisotopic (exact) mass is 373 g/mol. The van der Waals surface area contributed by atoms with Gasteiger partial charge in [0, 0.05) is 10.6 Å². The number of ether oxygens (including phenoxy) is 1. The van der Waals surface area contributed by atoms with Gasteiger partial charge in [-0.25, -0.2) is 4.98 Å². The van der Waals surface area contributed by atoms with Crippen molar-refractivity contribution in [1.29, 1.82) is 0 Å².